The molecule has 2 aromatic rings. The van der Waals surface area contributed by atoms with Gasteiger partial charge in [-0.2, -0.15) is 0 Å². The predicted octanol–water partition coefficient (Wildman–Crippen LogP) is 2.20. The van der Waals surface area contributed by atoms with Gasteiger partial charge >= 0.3 is 0 Å². The van der Waals surface area contributed by atoms with Crippen LogP contribution >= 0.6 is 0 Å². The predicted molar refractivity (Wildman–Crippen MR) is 92.0 cm³/mol. The van der Waals surface area contributed by atoms with Crippen LogP contribution in [0.2, 0.25) is 0 Å². The molecule has 7 heteroatoms. The van der Waals surface area contributed by atoms with Crippen molar-refractivity contribution in [2.45, 2.75) is 33.3 Å². The smallest absolute Gasteiger partial charge is 0.190 e. The van der Waals surface area contributed by atoms with Gasteiger partial charge in [-0.15, -0.1) is 0 Å². The lowest BCUT2D eigenvalue weighted by Crippen LogP contribution is -2.39. The van der Waals surface area contributed by atoms with E-state index in [2.05, 4.69) is 20.8 Å². The summed E-state index contributed by atoms with van der Waals surface area (Å²) in [5.41, 5.74) is 2.11. The molecule has 2 aromatic heterocycles. The van der Waals surface area contributed by atoms with Crippen LogP contribution in [-0.4, -0.2) is 37.9 Å². The number of aryl methyl sites for hydroxylation is 2. The number of hydrogen-bond donors (Lipinski definition) is 2. The molecule has 0 saturated carbocycles. The number of rotatable bonds is 9. The van der Waals surface area contributed by atoms with Crippen molar-refractivity contribution >= 4 is 5.96 Å². The molecule has 0 aliphatic carbocycles. The summed E-state index contributed by atoms with van der Waals surface area (Å²) in [6, 6.07) is 3.77. The number of nitrogens with zero attached hydrogens (tertiary/aromatic N) is 2. The van der Waals surface area contributed by atoms with Crippen LogP contribution in [0, 0.1) is 13.8 Å². The van der Waals surface area contributed by atoms with Gasteiger partial charge in [-0.25, -0.2) is 0 Å². The molecule has 0 aromatic carbocycles. The van der Waals surface area contributed by atoms with Crippen LogP contribution in [0.5, 0.6) is 0 Å². The first-order chi connectivity index (χ1) is 11.7. The van der Waals surface area contributed by atoms with Crippen molar-refractivity contribution in [2.75, 3.05) is 26.7 Å². The summed E-state index contributed by atoms with van der Waals surface area (Å²) in [5, 5.41) is 10.5. The summed E-state index contributed by atoms with van der Waals surface area (Å²) >= 11 is 0. The Labute approximate surface area is 142 Å². The summed E-state index contributed by atoms with van der Waals surface area (Å²) in [5.74, 6) is 2.51. The highest BCUT2D eigenvalue weighted by Crippen LogP contribution is 2.11. The van der Waals surface area contributed by atoms with Gasteiger partial charge in [0.25, 0.3) is 0 Å². The molecule has 0 amide bonds. The molecular formula is C17H26N4O3. The van der Waals surface area contributed by atoms with Crippen molar-refractivity contribution in [3.63, 3.8) is 0 Å². The lowest BCUT2D eigenvalue weighted by Gasteiger charge is -2.11. The van der Waals surface area contributed by atoms with E-state index in [0.29, 0.717) is 13.2 Å². The van der Waals surface area contributed by atoms with E-state index in [1.165, 1.54) is 0 Å². The summed E-state index contributed by atoms with van der Waals surface area (Å²) < 4.78 is 15.9. The van der Waals surface area contributed by atoms with E-state index in [0.717, 1.165) is 54.7 Å². The zero-order valence-electron chi connectivity index (χ0n) is 14.6. The molecule has 0 radical (unpaired) electrons. The number of aliphatic imine (C=N–C) groups is 1. The molecule has 0 aliphatic rings. The van der Waals surface area contributed by atoms with Gasteiger partial charge in [0.2, 0.25) is 0 Å². The van der Waals surface area contributed by atoms with Gasteiger partial charge in [0, 0.05) is 32.3 Å². The van der Waals surface area contributed by atoms with Gasteiger partial charge in [0.05, 0.1) is 12.0 Å². The molecule has 0 unspecified atom stereocenters. The molecule has 2 N–H and O–H groups in total. The van der Waals surface area contributed by atoms with E-state index in [1.807, 2.05) is 26.0 Å². The molecule has 7 nitrogen and oxygen atoms in total. The largest absolute Gasteiger partial charge is 0.467 e. The van der Waals surface area contributed by atoms with Gasteiger partial charge in [0.15, 0.2) is 5.96 Å². The van der Waals surface area contributed by atoms with Gasteiger partial charge < -0.3 is 24.3 Å². The van der Waals surface area contributed by atoms with Crippen molar-refractivity contribution in [2.24, 2.45) is 4.99 Å². The second kappa shape index (κ2) is 9.77. The van der Waals surface area contributed by atoms with E-state index >= 15 is 0 Å². The molecular weight excluding hydrogens is 308 g/mol. The van der Waals surface area contributed by atoms with Gasteiger partial charge in [0.1, 0.15) is 18.1 Å². The quantitative estimate of drug-likeness (QED) is 0.415. The Kier molecular flexibility index (Phi) is 7.35. The number of nitrogens with one attached hydrogen (secondary N) is 2. The van der Waals surface area contributed by atoms with Crippen LogP contribution in [0.15, 0.2) is 32.3 Å². The Morgan fingerprint density at radius 2 is 2.12 bits per heavy atom. The summed E-state index contributed by atoms with van der Waals surface area (Å²) in [7, 11) is 1.76. The topological polar surface area (TPSA) is 84.8 Å². The first-order valence-corrected chi connectivity index (χ1v) is 8.17. The Morgan fingerprint density at radius 3 is 2.79 bits per heavy atom. The lowest BCUT2D eigenvalue weighted by atomic mass is 10.1. The average molecular weight is 334 g/mol. The summed E-state index contributed by atoms with van der Waals surface area (Å²) in [6.07, 6.45) is 3.40. The van der Waals surface area contributed by atoms with Crippen LogP contribution in [0.4, 0.5) is 0 Å². The van der Waals surface area contributed by atoms with Crippen LogP contribution in [-0.2, 0) is 17.8 Å². The minimum atomic E-state index is 0.511. The molecule has 0 saturated heterocycles. The van der Waals surface area contributed by atoms with Crippen molar-refractivity contribution in [1.29, 1.82) is 0 Å². The van der Waals surface area contributed by atoms with Crippen LogP contribution in [0.1, 0.15) is 29.2 Å². The van der Waals surface area contributed by atoms with E-state index in [-0.39, 0.29) is 0 Å². The average Bonchev–Trinajstić information content (AvgIpc) is 3.20. The normalized spacial score (nSPS) is 11.7. The zero-order chi connectivity index (χ0) is 17.2. The maximum absolute atomic E-state index is 5.54. The molecule has 0 aliphatic heterocycles. The van der Waals surface area contributed by atoms with Gasteiger partial charge in [-0.1, -0.05) is 5.16 Å². The Morgan fingerprint density at radius 1 is 1.29 bits per heavy atom. The molecule has 2 heterocycles. The van der Waals surface area contributed by atoms with E-state index in [1.54, 1.807) is 13.3 Å². The summed E-state index contributed by atoms with van der Waals surface area (Å²) in [4.78, 5) is 4.21. The SMILES string of the molecule is CN=C(NCCCOCc1ccco1)NCCc1c(C)noc1C. The second-order valence-electron chi connectivity index (χ2n) is 5.46. The van der Waals surface area contributed by atoms with Crippen molar-refractivity contribution < 1.29 is 13.7 Å². The fourth-order valence-electron chi connectivity index (χ4n) is 2.33. The first kappa shape index (κ1) is 18.1. The van der Waals surface area contributed by atoms with Crippen molar-refractivity contribution in [1.82, 2.24) is 15.8 Å². The number of ether oxygens (including phenoxy) is 1. The van der Waals surface area contributed by atoms with Crippen molar-refractivity contribution in [3.8, 4) is 0 Å². The van der Waals surface area contributed by atoms with Gasteiger partial charge in [-0.05, 0) is 38.8 Å². The summed E-state index contributed by atoms with van der Waals surface area (Å²) in [6.45, 7) is 6.65. The number of guanidine groups is 1. The van der Waals surface area contributed by atoms with Crippen LogP contribution in [0.3, 0.4) is 0 Å². The minimum absolute atomic E-state index is 0.511. The van der Waals surface area contributed by atoms with Crippen molar-refractivity contribution in [3.05, 3.63) is 41.2 Å². The first-order valence-electron chi connectivity index (χ1n) is 8.17. The zero-order valence-corrected chi connectivity index (χ0v) is 14.6. The number of hydrogen-bond acceptors (Lipinski definition) is 5. The Bertz CT molecular complexity index is 600. The lowest BCUT2D eigenvalue weighted by molar-refractivity contribution is 0.105. The third kappa shape index (κ3) is 5.73. The Balaban J connectivity index is 1.55. The maximum Gasteiger partial charge on any atom is 0.190 e. The maximum atomic E-state index is 5.54. The third-order valence-electron chi connectivity index (χ3n) is 3.65. The molecule has 0 fully saturated rings. The highest BCUT2D eigenvalue weighted by Gasteiger charge is 2.08. The molecule has 0 atom stereocenters. The number of furan rings is 1. The fourth-order valence-corrected chi connectivity index (χ4v) is 2.33. The molecule has 132 valence electrons. The number of aromatic nitrogens is 1. The van der Waals surface area contributed by atoms with E-state index < -0.39 is 0 Å². The fraction of sp³-hybridized carbons (Fsp3) is 0.529. The molecule has 24 heavy (non-hydrogen) atoms. The van der Waals surface area contributed by atoms with E-state index in [4.69, 9.17) is 13.7 Å². The highest BCUT2D eigenvalue weighted by molar-refractivity contribution is 5.79. The van der Waals surface area contributed by atoms with Gasteiger partial charge in [-0.3, -0.25) is 4.99 Å². The third-order valence-corrected chi connectivity index (χ3v) is 3.65. The standard InChI is InChI=1S/C17H26N4O3/c1-13-16(14(2)24-21-13)7-9-20-17(18-3)19-8-5-10-22-12-15-6-4-11-23-15/h4,6,11H,5,7-10,12H2,1-3H3,(H2,18,19,20). The van der Waals surface area contributed by atoms with Crippen LogP contribution < -0.4 is 10.6 Å². The van der Waals surface area contributed by atoms with Crippen LogP contribution in [0.25, 0.3) is 0 Å². The minimum Gasteiger partial charge on any atom is -0.467 e. The highest BCUT2D eigenvalue weighted by atomic mass is 16.5. The molecule has 0 spiro atoms. The second-order valence-corrected chi connectivity index (χ2v) is 5.46. The molecule has 0 bridgehead atoms. The van der Waals surface area contributed by atoms with E-state index in [9.17, 15) is 0 Å². The Hall–Kier alpha value is -2.28. The monoisotopic (exact) mass is 334 g/mol. The molecule has 2 rings (SSSR count).